The number of hydrogen-bond acceptors (Lipinski definition) is 5. The fourth-order valence-corrected chi connectivity index (χ4v) is 4.08. The first-order valence-electron chi connectivity index (χ1n) is 10.1. The maximum atomic E-state index is 12.9. The molecule has 1 unspecified atom stereocenters. The smallest absolute Gasteiger partial charge is 0.237 e. The Hall–Kier alpha value is -2.51. The number of carbonyl (C=O) groups excluding carboxylic acids is 1. The molecule has 3 rings (SSSR count). The van der Waals surface area contributed by atoms with Crippen molar-refractivity contribution >= 4 is 35.0 Å². The van der Waals surface area contributed by atoms with E-state index in [0.717, 1.165) is 16.8 Å². The van der Waals surface area contributed by atoms with Crippen LogP contribution in [-0.4, -0.2) is 25.9 Å². The summed E-state index contributed by atoms with van der Waals surface area (Å²) in [6, 6.07) is 13.4. The van der Waals surface area contributed by atoms with E-state index >= 15 is 0 Å². The number of aromatic nitrogens is 3. The van der Waals surface area contributed by atoms with Crippen molar-refractivity contribution < 1.29 is 9.53 Å². The minimum atomic E-state index is -0.347. The lowest BCUT2D eigenvalue weighted by Gasteiger charge is -2.18. The van der Waals surface area contributed by atoms with Crippen LogP contribution < -0.4 is 10.1 Å². The van der Waals surface area contributed by atoms with Crippen molar-refractivity contribution in [2.45, 2.75) is 50.6 Å². The molecule has 0 saturated carbocycles. The van der Waals surface area contributed by atoms with Gasteiger partial charge in [0.15, 0.2) is 11.0 Å². The number of thioether (sulfide) groups is 1. The third kappa shape index (κ3) is 5.60. The highest BCUT2D eigenvalue weighted by Gasteiger charge is 2.21. The summed E-state index contributed by atoms with van der Waals surface area (Å²) in [7, 11) is 1.86. The molecule has 1 amide bonds. The summed E-state index contributed by atoms with van der Waals surface area (Å²) in [4.78, 5) is 12.9. The zero-order valence-electron chi connectivity index (χ0n) is 18.3. The number of rotatable bonds is 8. The molecule has 8 heteroatoms. The highest BCUT2D eigenvalue weighted by atomic mass is 35.5. The molecule has 0 saturated heterocycles. The molecule has 2 aromatic carbocycles. The summed E-state index contributed by atoms with van der Waals surface area (Å²) < 4.78 is 7.59. The SMILES string of the molecule is Cc1cccc(C(C)C)c1NC(=O)C(C)Sc1nnc(COc2ccccc2Cl)n1C. The van der Waals surface area contributed by atoms with E-state index in [-0.39, 0.29) is 17.8 Å². The van der Waals surface area contributed by atoms with E-state index in [4.69, 9.17) is 16.3 Å². The number of para-hydroxylation sites is 2. The highest BCUT2D eigenvalue weighted by molar-refractivity contribution is 8.00. The molecule has 1 heterocycles. The van der Waals surface area contributed by atoms with Gasteiger partial charge >= 0.3 is 0 Å². The van der Waals surface area contributed by atoms with Gasteiger partial charge in [0.05, 0.1) is 10.3 Å². The zero-order valence-corrected chi connectivity index (χ0v) is 19.9. The largest absolute Gasteiger partial charge is 0.484 e. The van der Waals surface area contributed by atoms with Gasteiger partial charge < -0.3 is 14.6 Å². The normalized spacial score (nSPS) is 12.1. The van der Waals surface area contributed by atoms with Crippen LogP contribution in [0.4, 0.5) is 5.69 Å². The van der Waals surface area contributed by atoms with Crippen LogP contribution in [0, 0.1) is 6.92 Å². The summed E-state index contributed by atoms with van der Waals surface area (Å²) in [5, 5.41) is 12.4. The van der Waals surface area contributed by atoms with Gasteiger partial charge in [-0.25, -0.2) is 0 Å². The molecule has 0 bridgehead atoms. The molecule has 0 aliphatic carbocycles. The van der Waals surface area contributed by atoms with Crippen molar-refractivity contribution in [1.29, 1.82) is 0 Å². The number of halogens is 1. The Morgan fingerprint density at radius 3 is 2.61 bits per heavy atom. The Kier molecular flexibility index (Phi) is 7.62. The Balaban J connectivity index is 1.65. The lowest BCUT2D eigenvalue weighted by Crippen LogP contribution is -2.24. The van der Waals surface area contributed by atoms with Crippen LogP contribution >= 0.6 is 23.4 Å². The lowest BCUT2D eigenvalue weighted by atomic mass is 9.98. The molecule has 1 atom stereocenters. The second-order valence-electron chi connectivity index (χ2n) is 7.62. The second kappa shape index (κ2) is 10.2. The van der Waals surface area contributed by atoms with E-state index in [1.165, 1.54) is 11.8 Å². The number of benzene rings is 2. The van der Waals surface area contributed by atoms with Gasteiger partial charge in [0.2, 0.25) is 5.91 Å². The van der Waals surface area contributed by atoms with Gasteiger partial charge in [0, 0.05) is 12.7 Å². The number of ether oxygens (including phenoxy) is 1. The summed E-state index contributed by atoms with van der Waals surface area (Å²) in [6.45, 7) is 8.34. The van der Waals surface area contributed by atoms with Crippen molar-refractivity contribution in [3.8, 4) is 5.75 Å². The van der Waals surface area contributed by atoms with Crippen LogP contribution in [0.1, 0.15) is 43.6 Å². The standard InChI is InChI=1S/C23H27ClN4O2S/c1-14(2)17-10-8-9-15(3)21(17)25-22(29)16(4)31-23-27-26-20(28(23)5)13-30-19-12-7-6-11-18(19)24/h6-12,14,16H,13H2,1-5H3,(H,25,29). The van der Waals surface area contributed by atoms with E-state index < -0.39 is 0 Å². The number of nitrogens with one attached hydrogen (secondary N) is 1. The van der Waals surface area contributed by atoms with Crippen molar-refractivity contribution in [2.24, 2.45) is 7.05 Å². The lowest BCUT2D eigenvalue weighted by molar-refractivity contribution is -0.115. The Morgan fingerprint density at radius 2 is 1.90 bits per heavy atom. The van der Waals surface area contributed by atoms with Crippen LogP contribution in [0.25, 0.3) is 0 Å². The van der Waals surface area contributed by atoms with Crippen LogP contribution in [-0.2, 0) is 18.4 Å². The number of hydrogen-bond donors (Lipinski definition) is 1. The minimum absolute atomic E-state index is 0.0712. The number of carbonyl (C=O) groups is 1. The molecule has 31 heavy (non-hydrogen) atoms. The van der Waals surface area contributed by atoms with E-state index in [2.05, 4.69) is 35.4 Å². The maximum absolute atomic E-state index is 12.9. The molecule has 0 spiro atoms. The Bertz CT molecular complexity index is 1070. The van der Waals surface area contributed by atoms with Crippen molar-refractivity contribution in [2.75, 3.05) is 5.32 Å². The van der Waals surface area contributed by atoms with Gasteiger partial charge in [-0.15, -0.1) is 10.2 Å². The molecule has 0 radical (unpaired) electrons. The molecule has 3 aromatic rings. The Labute approximate surface area is 192 Å². The van der Waals surface area contributed by atoms with Crippen LogP contribution in [0.2, 0.25) is 5.02 Å². The molecule has 1 aromatic heterocycles. The number of aryl methyl sites for hydroxylation is 1. The van der Waals surface area contributed by atoms with Gasteiger partial charge in [0.1, 0.15) is 12.4 Å². The first-order valence-corrected chi connectivity index (χ1v) is 11.4. The fourth-order valence-electron chi connectivity index (χ4n) is 3.06. The molecule has 0 aliphatic rings. The average Bonchev–Trinajstić information content (AvgIpc) is 3.08. The highest BCUT2D eigenvalue weighted by Crippen LogP contribution is 2.29. The molecule has 1 N–H and O–H groups in total. The Morgan fingerprint density at radius 1 is 1.16 bits per heavy atom. The molecular formula is C23H27ClN4O2S. The van der Waals surface area contributed by atoms with Gasteiger partial charge in [-0.1, -0.05) is 67.5 Å². The topological polar surface area (TPSA) is 69.0 Å². The summed E-state index contributed by atoms with van der Waals surface area (Å²) in [6.07, 6.45) is 0. The molecular weight excluding hydrogens is 432 g/mol. The van der Waals surface area contributed by atoms with E-state index in [0.29, 0.717) is 27.7 Å². The first kappa shape index (κ1) is 23.2. The van der Waals surface area contributed by atoms with Crippen LogP contribution in [0.15, 0.2) is 47.6 Å². The average molecular weight is 459 g/mol. The molecule has 0 fully saturated rings. The number of anilines is 1. The maximum Gasteiger partial charge on any atom is 0.237 e. The predicted molar refractivity (Wildman–Crippen MR) is 126 cm³/mol. The predicted octanol–water partition coefficient (Wildman–Crippen LogP) is 5.60. The molecule has 6 nitrogen and oxygen atoms in total. The number of amides is 1. The van der Waals surface area contributed by atoms with Gasteiger partial charge in [-0.05, 0) is 43.0 Å². The van der Waals surface area contributed by atoms with Crippen molar-refractivity contribution in [1.82, 2.24) is 14.8 Å². The van der Waals surface area contributed by atoms with Crippen molar-refractivity contribution in [3.05, 3.63) is 64.4 Å². The van der Waals surface area contributed by atoms with Gasteiger partial charge in [-0.3, -0.25) is 4.79 Å². The number of nitrogens with zero attached hydrogens (tertiary/aromatic N) is 3. The molecule has 164 valence electrons. The summed E-state index contributed by atoms with van der Waals surface area (Å²) in [5.74, 6) is 1.49. The van der Waals surface area contributed by atoms with E-state index in [1.54, 1.807) is 12.1 Å². The fraction of sp³-hybridized carbons (Fsp3) is 0.348. The van der Waals surface area contributed by atoms with Crippen LogP contribution in [0.5, 0.6) is 5.75 Å². The van der Waals surface area contributed by atoms with Gasteiger partial charge in [-0.2, -0.15) is 0 Å². The quantitative estimate of drug-likeness (QED) is 0.445. The third-order valence-electron chi connectivity index (χ3n) is 4.95. The summed E-state index contributed by atoms with van der Waals surface area (Å²) in [5.41, 5.74) is 3.07. The monoisotopic (exact) mass is 458 g/mol. The van der Waals surface area contributed by atoms with Crippen LogP contribution in [0.3, 0.4) is 0 Å². The second-order valence-corrected chi connectivity index (χ2v) is 9.34. The van der Waals surface area contributed by atoms with E-state index in [1.807, 2.05) is 49.7 Å². The van der Waals surface area contributed by atoms with Crippen molar-refractivity contribution in [3.63, 3.8) is 0 Å². The first-order chi connectivity index (χ1) is 14.8. The zero-order chi connectivity index (χ0) is 22.5. The van der Waals surface area contributed by atoms with Gasteiger partial charge in [0.25, 0.3) is 0 Å². The third-order valence-corrected chi connectivity index (χ3v) is 6.39. The minimum Gasteiger partial charge on any atom is -0.484 e. The van der Waals surface area contributed by atoms with E-state index in [9.17, 15) is 4.79 Å². The molecule has 0 aliphatic heterocycles. The summed E-state index contributed by atoms with van der Waals surface area (Å²) >= 11 is 7.49.